The molecule has 3 rings (SSSR count). The summed E-state index contributed by atoms with van der Waals surface area (Å²) in [6.45, 7) is 5.35. The van der Waals surface area contributed by atoms with Gasteiger partial charge in [0.15, 0.2) is 0 Å². The van der Waals surface area contributed by atoms with Crippen molar-refractivity contribution >= 4 is 22.1 Å². The summed E-state index contributed by atoms with van der Waals surface area (Å²) in [5.74, 6) is 0.986. The third kappa shape index (κ3) is 8.24. The van der Waals surface area contributed by atoms with Crippen LogP contribution in [0.4, 0.5) is 0 Å². The van der Waals surface area contributed by atoms with Crippen molar-refractivity contribution in [1.82, 2.24) is 4.98 Å². The quantitative estimate of drug-likeness (QED) is 0.202. The third-order valence-corrected chi connectivity index (χ3v) is 7.27. The molecule has 0 aliphatic heterocycles. The predicted molar refractivity (Wildman–Crippen MR) is 141 cm³/mol. The number of nitrogens with zero attached hydrogens (tertiary/aromatic N) is 1. The molecule has 32 heavy (non-hydrogen) atoms. The molecule has 1 heterocycles. The van der Waals surface area contributed by atoms with Gasteiger partial charge >= 0.3 is 0 Å². The molecule has 0 atom stereocenters. The zero-order valence-corrected chi connectivity index (χ0v) is 21.0. The van der Waals surface area contributed by atoms with E-state index in [0.29, 0.717) is 0 Å². The van der Waals surface area contributed by atoms with Crippen LogP contribution >= 0.6 is 11.3 Å². The largest absolute Gasteiger partial charge is 0.494 e. The zero-order chi connectivity index (χ0) is 22.4. The summed E-state index contributed by atoms with van der Waals surface area (Å²) in [7, 11) is 0. The average Bonchev–Trinajstić information content (AvgIpc) is 3.29. The molecule has 0 fully saturated rings. The van der Waals surface area contributed by atoms with Crippen molar-refractivity contribution in [3.05, 3.63) is 47.6 Å². The molecule has 1 aromatic heterocycles. The van der Waals surface area contributed by atoms with Gasteiger partial charge in [-0.05, 0) is 53.8 Å². The number of aromatic nitrogens is 1. The Bertz CT molecular complexity index is 916. The van der Waals surface area contributed by atoms with Gasteiger partial charge in [0.25, 0.3) is 0 Å². The standard InChI is InChI=1S/C29H41NOS/c1-3-5-7-9-10-11-12-14-20-31-27-19-18-24-21-26(17-16-25(24)22-27)28-23-30-29(32-28)15-13-8-6-4-2/h16-19,21-23H,3-15,20H2,1-2H3. The second-order valence-electron chi connectivity index (χ2n) is 8.98. The molecule has 0 N–H and O–H groups in total. The molecule has 174 valence electrons. The lowest BCUT2D eigenvalue weighted by molar-refractivity contribution is 0.304. The number of thiazole rings is 1. The van der Waals surface area contributed by atoms with E-state index in [1.54, 1.807) is 0 Å². The molecule has 0 saturated heterocycles. The van der Waals surface area contributed by atoms with Gasteiger partial charge in [-0.1, -0.05) is 96.3 Å². The van der Waals surface area contributed by atoms with Gasteiger partial charge in [0.2, 0.25) is 0 Å². The fraction of sp³-hybridized carbons (Fsp3) is 0.552. The smallest absolute Gasteiger partial charge is 0.119 e. The highest BCUT2D eigenvalue weighted by Gasteiger charge is 2.06. The summed E-state index contributed by atoms with van der Waals surface area (Å²) < 4.78 is 6.02. The minimum atomic E-state index is 0.820. The Kier molecular flexibility index (Phi) is 11.1. The first-order chi connectivity index (χ1) is 15.8. The SMILES string of the molecule is CCCCCCCCCCOc1ccc2cc(-c3cnc(CCCCCC)s3)ccc2c1. The number of unbranched alkanes of at least 4 members (excludes halogenated alkanes) is 10. The Labute approximate surface area is 199 Å². The Morgan fingerprint density at radius 3 is 2.16 bits per heavy atom. The van der Waals surface area contributed by atoms with Gasteiger partial charge in [0.05, 0.1) is 16.5 Å². The number of hydrogen-bond acceptors (Lipinski definition) is 3. The van der Waals surface area contributed by atoms with Gasteiger partial charge in [-0.3, -0.25) is 0 Å². The highest BCUT2D eigenvalue weighted by molar-refractivity contribution is 7.15. The van der Waals surface area contributed by atoms with Crippen molar-refractivity contribution in [1.29, 1.82) is 0 Å². The fourth-order valence-corrected chi connectivity index (χ4v) is 5.11. The predicted octanol–water partition coefficient (Wildman–Crippen LogP) is 9.61. The van der Waals surface area contributed by atoms with E-state index in [-0.39, 0.29) is 0 Å². The molecule has 0 bridgehead atoms. The summed E-state index contributed by atoms with van der Waals surface area (Å²) in [6, 6.07) is 13.2. The molecule has 2 nitrogen and oxygen atoms in total. The first-order valence-corrected chi connectivity index (χ1v) is 13.7. The van der Waals surface area contributed by atoms with E-state index in [4.69, 9.17) is 4.74 Å². The molecule has 3 aromatic rings. The lowest BCUT2D eigenvalue weighted by atomic mass is 10.1. The number of rotatable bonds is 16. The van der Waals surface area contributed by atoms with E-state index < -0.39 is 0 Å². The number of benzene rings is 2. The molecule has 0 saturated carbocycles. The van der Waals surface area contributed by atoms with Crippen LogP contribution in [0.25, 0.3) is 21.2 Å². The maximum absolute atomic E-state index is 6.02. The van der Waals surface area contributed by atoms with Crippen LogP contribution in [0.1, 0.15) is 95.9 Å². The minimum Gasteiger partial charge on any atom is -0.494 e. The van der Waals surface area contributed by atoms with Crippen LogP contribution in [0.3, 0.4) is 0 Å². The summed E-state index contributed by atoms with van der Waals surface area (Å²) in [6.07, 6.45) is 19.0. The Morgan fingerprint density at radius 2 is 1.38 bits per heavy atom. The van der Waals surface area contributed by atoms with E-state index in [9.17, 15) is 0 Å². The van der Waals surface area contributed by atoms with Crippen LogP contribution in [0.15, 0.2) is 42.6 Å². The van der Waals surface area contributed by atoms with Gasteiger partial charge in [-0.25, -0.2) is 4.98 Å². The topological polar surface area (TPSA) is 22.1 Å². The van der Waals surface area contributed by atoms with Crippen molar-refractivity contribution in [3.8, 4) is 16.2 Å². The third-order valence-electron chi connectivity index (χ3n) is 6.16. The van der Waals surface area contributed by atoms with Gasteiger partial charge in [-0.15, -0.1) is 11.3 Å². The molecular weight excluding hydrogens is 410 g/mol. The van der Waals surface area contributed by atoms with Crippen molar-refractivity contribution < 1.29 is 4.74 Å². The first-order valence-electron chi connectivity index (χ1n) is 12.9. The Morgan fingerprint density at radius 1 is 0.719 bits per heavy atom. The van der Waals surface area contributed by atoms with Gasteiger partial charge < -0.3 is 4.74 Å². The number of aryl methyl sites for hydroxylation is 1. The van der Waals surface area contributed by atoms with Crippen molar-refractivity contribution in [2.24, 2.45) is 0 Å². The lowest BCUT2D eigenvalue weighted by Gasteiger charge is -2.08. The molecule has 0 aliphatic rings. The molecule has 0 radical (unpaired) electrons. The lowest BCUT2D eigenvalue weighted by Crippen LogP contribution is -1.97. The molecule has 2 aromatic carbocycles. The Hall–Kier alpha value is -1.87. The highest BCUT2D eigenvalue weighted by Crippen LogP contribution is 2.31. The monoisotopic (exact) mass is 451 g/mol. The number of hydrogen-bond donors (Lipinski definition) is 0. The van der Waals surface area contributed by atoms with E-state index in [1.807, 2.05) is 17.5 Å². The van der Waals surface area contributed by atoms with E-state index in [0.717, 1.165) is 25.2 Å². The van der Waals surface area contributed by atoms with Crippen LogP contribution in [-0.2, 0) is 6.42 Å². The Balaban J connectivity index is 1.45. The molecular formula is C29H41NOS. The second kappa shape index (κ2) is 14.3. The number of fused-ring (bicyclic) bond motifs is 1. The van der Waals surface area contributed by atoms with E-state index in [1.165, 1.54) is 96.8 Å². The molecule has 0 amide bonds. The van der Waals surface area contributed by atoms with Gasteiger partial charge in [0.1, 0.15) is 5.75 Å². The van der Waals surface area contributed by atoms with Gasteiger partial charge in [-0.2, -0.15) is 0 Å². The van der Waals surface area contributed by atoms with Crippen molar-refractivity contribution in [2.75, 3.05) is 6.61 Å². The van der Waals surface area contributed by atoms with E-state index in [2.05, 4.69) is 55.2 Å². The summed E-state index contributed by atoms with van der Waals surface area (Å²) in [5, 5.41) is 3.77. The summed E-state index contributed by atoms with van der Waals surface area (Å²) in [4.78, 5) is 5.93. The normalized spacial score (nSPS) is 11.3. The average molecular weight is 452 g/mol. The maximum atomic E-state index is 6.02. The molecule has 0 aliphatic carbocycles. The highest BCUT2D eigenvalue weighted by atomic mass is 32.1. The summed E-state index contributed by atoms with van der Waals surface area (Å²) in [5.41, 5.74) is 1.27. The van der Waals surface area contributed by atoms with Crippen LogP contribution in [-0.4, -0.2) is 11.6 Å². The zero-order valence-electron chi connectivity index (χ0n) is 20.2. The van der Waals surface area contributed by atoms with Crippen molar-refractivity contribution in [2.45, 2.75) is 97.3 Å². The maximum Gasteiger partial charge on any atom is 0.119 e. The van der Waals surface area contributed by atoms with Gasteiger partial charge in [0, 0.05) is 6.20 Å². The van der Waals surface area contributed by atoms with Crippen LogP contribution < -0.4 is 4.74 Å². The van der Waals surface area contributed by atoms with E-state index >= 15 is 0 Å². The molecule has 0 unspecified atom stereocenters. The molecule has 0 spiro atoms. The number of ether oxygens (including phenoxy) is 1. The fourth-order valence-electron chi connectivity index (χ4n) is 4.16. The van der Waals surface area contributed by atoms with Crippen molar-refractivity contribution in [3.63, 3.8) is 0 Å². The molecule has 3 heteroatoms. The van der Waals surface area contributed by atoms with Crippen LogP contribution in [0.2, 0.25) is 0 Å². The second-order valence-corrected chi connectivity index (χ2v) is 10.1. The minimum absolute atomic E-state index is 0.820. The van der Waals surface area contributed by atoms with Crippen LogP contribution in [0, 0.1) is 0 Å². The van der Waals surface area contributed by atoms with Crippen LogP contribution in [0.5, 0.6) is 5.75 Å². The first kappa shape index (κ1) is 24.8. The summed E-state index contributed by atoms with van der Waals surface area (Å²) >= 11 is 1.84.